The zero-order chi connectivity index (χ0) is 17.9. The van der Waals surface area contributed by atoms with E-state index < -0.39 is 29.8 Å². The maximum atomic E-state index is 12.4. The Morgan fingerprint density at radius 1 is 1.12 bits per heavy atom. The third kappa shape index (κ3) is 6.52. The third-order valence-electron chi connectivity index (χ3n) is 3.59. The first-order valence-electron chi connectivity index (χ1n) is 7.99. The van der Waals surface area contributed by atoms with Crippen molar-refractivity contribution in [3.8, 4) is 0 Å². The van der Waals surface area contributed by atoms with E-state index >= 15 is 0 Å². The normalized spacial score (nSPS) is 14.3. The molecule has 1 aromatic carbocycles. The summed E-state index contributed by atoms with van der Waals surface area (Å²) in [5, 5.41) is 23.8. The molecule has 0 bridgehead atoms. The highest BCUT2D eigenvalue weighted by molar-refractivity contribution is 6.00. The summed E-state index contributed by atoms with van der Waals surface area (Å²) in [5.74, 6) is -1.88. The average molecular weight is 334 g/mol. The van der Waals surface area contributed by atoms with E-state index in [1.54, 1.807) is 6.92 Å². The summed E-state index contributed by atoms with van der Waals surface area (Å²) < 4.78 is 0. The van der Waals surface area contributed by atoms with Gasteiger partial charge in [-0.3, -0.25) is 9.59 Å². The zero-order valence-electron chi connectivity index (χ0n) is 13.9. The summed E-state index contributed by atoms with van der Waals surface area (Å²) in [7, 11) is 0. The molecule has 1 aromatic rings. The second kappa shape index (κ2) is 10.6. The van der Waals surface area contributed by atoms with Gasteiger partial charge in [0.25, 0.3) is 0 Å². The fourth-order valence-corrected chi connectivity index (χ4v) is 2.25. The molecule has 4 N–H and O–H groups in total. The standard InChI is InChI=1S/C18H26N2O4/c1-3-7-16(17(23)19-13(2)11-21)18(24)20-15(12-22)10-14-8-5-4-6-9-14/h3-6,8-9,13,15-16,21-22H,1,7,10-12H2,2H3,(H,19,23)(H,20,24)/t13-,15+,16?/m1/s1. The molecule has 0 saturated carbocycles. The molecule has 0 heterocycles. The lowest BCUT2D eigenvalue weighted by Gasteiger charge is -2.22. The molecule has 0 aliphatic carbocycles. The van der Waals surface area contributed by atoms with Crippen LogP contribution < -0.4 is 10.6 Å². The number of hydrogen-bond donors (Lipinski definition) is 4. The molecular formula is C18H26N2O4. The Labute approximate surface area is 142 Å². The fraction of sp³-hybridized carbons (Fsp3) is 0.444. The van der Waals surface area contributed by atoms with E-state index in [1.807, 2.05) is 30.3 Å². The monoisotopic (exact) mass is 334 g/mol. The maximum Gasteiger partial charge on any atom is 0.233 e. The molecule has 0 spiro atoms. The number of nitrogens with one attached hydrogen (secondary N) is 2. The van der Waals surface area contributed by atoms with Gasteiger partial charge in [-0.2, -0.15) is 0 Å². The lowest BCUT2D eigenvalue weighted by Crippen LogP contribution is -2.48. The number of allylic oxidation sites excluding steroid dienone is 1. The summed E-state index contributed by atoms with van der Waals surface area (Å²) in [5.41, 5.74) is 0.982. The highest BCUT2D eigenvalue weighted by Crippen LogP contribution is 2.08. The molecule has 6 nitrogen and oxygen atoms in total. The number of carbonyl (C=O) groups is 2. The lowest BCUT2D eigenvalue weighted by molar-refractivity contribution is -0.136. The van der Waals surface area contributed by atoms with Crippen molar-refractivity contribution in [1.29, 1.82) is 0 Å². The Bertz CT molecular complexity index is 533. The van der Waals surface area contributed by atoms with Crippen LogP contribution in [0.2, 0.25) is 0 Å². The van der Waals surface area contributed by atoms with Gasteiger partial charge in [0.15, 0.2) is 0 Å². The van der Waals surface area contributed by atoms with Gasteiger partial charge in [-0.1, -0.05) is 36.4 Å². The zero-order valence-corrected chi connectivity index (χ0v) is 13.9. The van der Waals surface area contributed by atoms with Gasteiger partial charge < -0.3 is 20.8 Å². The molecule has 1 rings (SSSR count). The predicted octanol–water partition coefficient (Wildman–Crippen LogP) is 0.396. The Morgan fingerprint density at radius 3 is 2.29 bits per heavy atom. The number of amides is 2. The van der Waals surface area contributed by atoms with Gasteiger partial charge in [0.2, 0.25) is 11.8 Å². The molecule has 3 atom stereocenters. The summed E-state index contributed by atoms with van der Waals surface area (Å²) in [4.78, 5) is 24.6. The van der Waals surface area contributed by atoms with E-state index in [0.29, 0.717) is 6.42 Å². The molecule has 132 valence electrons. The van der Waals surface area contributed by atoms with Crippen molar-refractivity contribution in [3.05, 3.63) is 48.6 Å². The molecule has 0 aromatic heterocycles. The van der Waals surface area contributed by atoms with Crippen molar-refractivity contribution >= 4 is 11.8 Å². The summed E-state index contributed by atoms with van der Waals surface area (Å²) in [6, 6.07) is 8.57. The van der Waals surface area contributed by atoms with Crippen molar-refractivity contribution in [2.24, 2.45) is 5.92 Å². The fourth-order valence-electron chi connectivity index (χ4n) is 2.25. The average Bonchev–Trinajstić information content (AvgIpc) is 2.59. The van der Waals surface area contributed by atoms with E-state index in [1.165, 1.54) is 6.08 Å². The Morgan fingerprint density at radius 2 is 1.75 bits per heavy atom. The lowest BCUT2D eigenvalue weighted by atomic mass is 10.0. The van der Waals surface area contributed by atoms with Gasteiger partial charge in [0.1, 0.15) is 5.92 Å². The molecule has 6 heteroatoms. The Hall–Kier alpha value is -2.18. The van der Waals surface area contributed by atoms with Crippen LogP contribution in [0.1, 0.15) is 18.9 Å². The highest BCUT2D eigenvalue weighted by atomic mass is 16.3. The van der Waals surface area contributed by atoms with Crippen LogP contribution in [0.5, 0.6) is 0 Å². The van der Waals surface area contributed by atoms with Crippen LogP contribution >= 0.6 is 0 Å². The number of benzene rings is 1. The topological polar surface area (TPSA) is 98.7 Å². The van der Waals surface area contributed by atoms with Gasteiger partial charge in [-0.15, -0.1) is 6.58 Å². The van der Waals surface area contributed by atoms with E-state index in [0.717, 1.165) is 5.56 Å². The van der Waals surface area contributed by atoms with Crippen molar-refractivity contribution in [1.82, 2.24) is 10.6 Å². The minimum absolute atomic E-state index is 0.180. The van der Waals surface area contributed by atoms with Crippen molar-refractivity contribution < 1.29 is 19.8 Å². The molecule has 24 heavy (non-hydrogen) atoms. The molecule has 0 fully saturated rings. The quantitative estimate of drug-likeness (QED) is 0.368. The van der Waals surface area contributed by atoms with Gasteiger partial charge in [-0.25, -0.2) is 0 Å². The number of aliphatic hydroxyl groups is 2. The van der Waals surface area contributed by atoms with E-state index in [2.05, 4.69) is 17.2 Å². The van der Waals surface area contributed by atoms with Crippen molar-refractivity contribution in [2.75, 3.05) is 13.2 Å². The third-order valence-corrected chi connectivity index (χ3v) is 3.59. The van der Waals surface area contributed by atoms with Crippen LogP contribution in [0, 0.1) is 5.92 Å². The van der Waals surface area contributed by atoms with Crippen LogP contribution in [0.4, 0.5) is 0 Å². The van der Waals surface area contributed by atoms with E-state index in [4.69, 9.17) is 5.11 Å². The van der Waals surface area contributed by atoms with Crippen LogP contribution in [-0.2, 0) is 16.0 Å². The molecule has 1 unspecified atom stereocenters. The maximum absolute atomic E-state index is 12.4. The highest BCUT2D eigenvalue weighted by Gasteiger charge is 2.27. The van der Waals surface area contributed by atoms with E-state index in [9.17, 15) is 14.7 Å². The van der Waals surface area contributed by atoms with Crippen LogP contribution in [0.25, 0.3) is 0 Å². The second-order valence-electron chi connectivity index (χ2n) is 5.75. The van der Waals surface area contributed by atoms with Gasteiger partial charge >= 0.3 is 0 Å². The van der Waals surface area contributed by atoms with Crippen molar-refractivity contribution in [3.63, 3.8) is 0 Å². The van der Waals surface area contributed by atoms with Crippen LogP contribution in [0.3, 0.4) is 0 Å². The van der Waals surface area contributed by atoms with Crippen LogP contribution in [0.15, 0.2) is 43.0 Å². The first kappa shape index (κ1) is 19.9. The number of carbonyl (C=O) groups excluding carboxylic acids is 2. The molecule has 0 aliphatic heterocycles. The van der Waals surface area contributed by atoms with Gasteiger partial charge in [-0.05, 0) is 25.3 Å². The summed E-state index contributed by atoms with van der Waals surface area (Å²) in [6.45, 7) is 4.79. The van der Waals surface area contributed by atoms with E-state index in [-0.39, 0.29) is 19.6 Å². The second-order valence-corrected chi connectivity index (χ2v) is 5.75. The molecule has 0 aliphatic rings. The Kier molecular flexibility index (Phi) is 8.75. The van der Waals surface area contributed by atoms with Gasteiger partial charge in [0.05, 0.1) is 19.3 Å². The molecule has 2 amide bonds. The number of rotatable bonds is 10. The molecular weight excluding hydrogens is 308 g/mol. The minimum atomic E-state index is -0.943. The Balaban J connectivity index is 2.71. The largest absolute Gasteiger partial charge is 0.394 e. The summed E-state index contributed by atoms with van der Waals surface area (Å²) in [6.07, 6.45) is 2.15. The van der Waals surface area contributed by atoms with Gasteiger partial charge in [0, 0.05) is 6.04 Å². The SMILES string of the molecule is C=CCC(C(=O)N[C@H](CO)Cc1ccccc1)C(=O)N[C@H](C)CO. The minimum Gasteiger partial charge on any atom is -0.394 e. The first-order valence-corrected chi connectivity index (χ1v) is 7.99. The number of hydrogen-bond acceptors (Lipinski definition) is 4. The van der Waals surface area contributed by atoms with Crippen LogP contribution in [-0.4, -0.2) is 47.3 Å². The van der Waals surface area contributed by atoms with Crippen molar-refractivity contribution in [2.45, 2.75) is 31.8 Å². The number of aliphatic hydroxyl groups excluding tert-OH is 2. The predicted molar refractivity (Wildman–Crippen MR) is 92.2 cm³/mol. The summed E-state index contributed by atoms with van der Waals surface area (Å²) >= 11 is 0. The molecule has 0 radical (unpaired) electrons. The first-order chi connectivity index (χ1) is 11.5. The molecule has 0 saturated heterocycles. The smallest absolute Gasteiger partial charge is 0.233 e.